The van der Waals surface area contributed by atoms with Crippen LogP contribution in [-0.4, -0.2) is 5.91 Å². The summed E-state index contributed by atoms with van der Waals surface area (Å²) < 4.78 is 5.27. The molecule has 0 bridgehead atoms. The maximum absolute atomic E-state index is 11.0. The topological polar surface area (TPSA) is 42.2 Å². The number of carbonyl (C=O) groups is 1. The van der Waals surface area contributed by atoms with Gasteiger partial charge in [0.1, 0.15) is 11.5 Å². The summed E-state index contributed by atoms with van der Waals surface area (Å²) in [6.07, 6.45) is 3.18. The molecule has 0 aliphatic rings. The first-order chi connectivity index (χ1) is 6.22. The van der Waals surface area contributed by atoms with Crippen molar-refractivity contribution in [2.75, 3.05) is 0 Å². The van der Waals surface area contributed by atoms with Crippen molar-refractivity contribution in [3.8, 4) is 0 Å². The Kier molecular flexibility index (Phi) is 3.31. The quantitative estimate of drug-likeness (QED) is 0.718. The minimum Gasteiger partial charge on any atom is -0.465 e. The Morgan fingerprint density at radius 2 is 2.38 bits per heavy atom. The summed E-state index contributed by atoms with van der Waals surface area (Å²) in [6, 6.07) is 3.72. The van der Waals surface area contributed by atoms with Gasteiger partial charge in [-0.3, -0.25) is 4.79 Å². The van der Waals surface area contributed by atoms with Crippen LogP contribution in [0.3, 0.4) is 0 Å². The number of rotatable bonds is 3. The predicted octanol–water partition coefficient (Wildman–Crippen LogP) is 1.78. The van der Waals surface area contributed by atoms with E-state index in [0.29, 0.717) is 6.54 Å². The standard InChI is InChI=1S/C10H13NO2/c1-3-4-10(12)11-7-9-6-5-8(2)13-9/h3-6H,7H2,1-2H3,(H,11,12). The lowest BCUT2D eigenvalue weighted by Gasteiger charge is -1.97. The zero-order valence-electron chi connectivity index (χ0n) is 7.83. The maximum Gasteiger partial charge on any atom is 0.244 e. The molecule has 0 unspecified atom stereocenters. The molecule has 0 aromatic carbocycles. The minimum atomic E-state index is -0.100. The second kappa shape index (κ2) is 4.50. The van der Waals surface area contributed by atoms with Crippen LogP contribution in [0.25, 0.3) is 0 Å². The summed E-state index contributed by atoms with van der Waals surface area (Å²) in [4.78, 5) is 11.0. The normalized spacial score (nSPS) is 10.6. The lowest BCUT2D eigenvalue weighted by Crippen LogP contribution is -2.19. The average Bonchev–Trinajstić information content (AvgIpc) is 2.49. The average molecular weight is 179 g/mol. The van der Waals surface area contributed by atoms with E-state index in [2.05, 4.69) is 5.32 Å². The van der Waals surface area contributed by atoms with Crippen molar-refractivity contribution in [1.82, 2.24) is 5.32 Å². The molecule has 1 heterocycles. The number of furan rings is 1. The first kappa shape index (κ1) is 9.58. The zero-order chi connectivity index (χ0) is 9.68. The summed E-state index contributed by atoms with van der Waals surface area (Å²) >= 11 is 0. The smallest absolute Gasteiger partial charge is 0.244 e. The molecule has 1 amide bonds. The van der Waals surface area contributed by atoms with Gasteiger partial charge < -0.3 is 9.73 Å². The van der Waals surface area contributed by atoms with E-state index in [0.717, 1.165) is 11.5 Å². The highest BCUT2D eigenvalue weighted by atomic mass is 16.3. The highest BCUT2D eigenvalue weighted by Crippen LogP contribution is 2.05. The lowest BCUT2D eigenvalue weighted by atomic mass is 10.4. The van der Waals surface area contributed by atoms with Gasteiger partial charge in [0.05, 0.1) is 6.54 Å². The second-order valence-electron chi connectivity index (χ2n) is 2.73. The number of hydrogen-bond acceptors (Lipinski definition) is 2. The van der Waals surface area contributed by atoms with E-state index in [1.54, 1.807) is 13.0 Å². The summed E-state index contributed by atoms with van der Waals surface area (Å²) in [5.41, 5.74) is 0. The second-order valence-corrected chi connectivity index (χ2v) is 2.73. The van der Waals surface area contributed by atoms with Crippen LogP contribution in [0.5, 0.6) is 0 Å². The molecule has 0 aliphatic carbocycles. The maximum atomic E-state index is 11.0. The van der Waals surface area contributed by atoms with Crippen molar-refractivity contribution >= 4 is 5.91 Å². The molecule has 0 radical (unpaired) electrons. The van der Waals surface area contributed by atoms with Gasteiger partial charge >= 0.3 is 0 Å². The highest BCUT2D eigenvalue weighted by molar-refractivity contribution is 5.87. The Hall–Kier alpha value is -1.51. The molecule has 1 rings (SSSR count). The van der Waals surface area contributed by atoms with Crippen molar-refractivity contribution in [3.05, 3.63) is 35.8 Å². The third-order valence-electron chi connectivity index (χ3n) is 1.55. The van der Waals surface area contributed by atoms with Crippen molar-refractivity contribution in [3.63, 3.8) is 0 Å². The molecule has 0 aliphatic heterocycles. The van der Waals surface area contributed by atoms with E-state index in [9.17, 15) is 4.79 Å². The fourth-order valence-electron chi connectivity index (χ4n) is 0.965. The van der Waals surface area contributed by atoms with Crippen LogP contribution in [0.2, 0.25) is 0 Å². The van der Waals surface area contributed by atoms with Crippen LogP contribution in [-0.2, 0) is 11.3 Å². The van der Waals surface area contributed by atoms with Gasteiger partial charge in [0.15, 0.2) is 0 Å². The van der Waals surface area contributed by atoms with Crippen molar-refractivity contribution in [2.45, 2.75) is 20.4 Å². The summed E-state index contributed by atoms with van der Waals surface area (Å²) in [5.74, 6) is 1.53. The van der Waals surface area contributed by atoms with Crippen molar-refractivity contribution < 1.29 is 9.21 Å². The summed E-state index contributed by atoms with van der Waals surface area (Å²) in [6.45, 7) is 4.12. The molecule has 3 nitrogen and oxygen atoms in total. The molecule has 1 aromatic rings. The van der Waals surface area contributed by atoms with E-state index in [1.165, 1.54) is 6.08 Å². The van der Waals surface area contributed by atoms with Gasteiger partial charge in [-0.1, -0.05) is 6.08 Å². The van der Waals surface area contributed by atoms with Crippen molar-refractivity contribution in [1.29, 1.82) is 0 Å². The first-order valence-corrected chi connectivity index (χ1v) is 4.18. The van der Waals surface area contributed by atoms with E-state index in [-0.39, 0.29) is 5.91 Å². The molecular weight excluding hydrogens is 166 g/mol. The van der Waals surface area contributed by atoms with Crippen LogP contribution in [0.15, 0.2) is 28.7 Å². The van der Waals surface area contributed by atoms with Gasteiger partial charge in [0, 0.05) is 0 Å². The summed E-state index contributed by atoms with van der Waals surface area (Å²) in [7, 11) is 0. The number of allylic oxidation sites excluding steroid dienone is 1. The Morgan fingerprint density at radius 3 is 2.92 bits per heavy atom. The van der Waals surface area contributed by atoms with E-state index in [4.69, 9.17) is 4.42 Å². The van der Waals surface area contributed by atoms with Crippen LogP contribution in [0, 0.1) is 6.92 Å². The monoisotopic (exact) mass is 179 g/mol. The third-order valence-corrected chi connectivity index (χ3v) is 1.55. The number of nitrogens with one attached hydrogen (secondary N) is 1. The van der Waals surface area contributed by atoms with E-state index >= 15 is 0 Å². The molecule has 1 aromatic heterocycles. The van der Waals surface area contributed by atoms with Gasteiger partial charge in [-0.2, -0.15) is 0 Å². The van der Waals surface area contributed by atoms with Gasteiger partial charge in [0.2, 0.25) is 5.91 Å². The zero-order valence-corrected chi connectivity index (χ0v) is 7.83. The Morgan fingerprint density at radius 1 is 1.62 bits per heavy atom. The predicted molar refractivity (Wildman–Crippen MR) is 50.1 cm³/mol. The van der Waals surface area contributed by atoms with Crippen LogP contribution in [0.4, 0.5) is 0 Å². The molecule has 0 fully saturated rings. The Bertz CT molecular complexity index is 312. The fraction of sp³-hybridized carbons (Fsp3) is 0.300. The number of aryl methyl sites for hydroxylation is 1. The molecule has 3 heteroatoms. The first-order valence-electron chi connectivity index (χ1n) is 4.18. The molecule has 0 spiro atoms. The largest absolute Gasteiger partial charge is 0.465 e. The van der Waals surface area contributed by atoms with Crippen LogP contribution >= 0.6 is 0 Å². The number of hydrogen-bond donors (Lipinski definition) is 1. The van der Waals surface area contributed by atoms with Gasteiger partial charge in [-0.25, -0.2) is 0 Å². The SMILES string of the molecule is CC=CC(=O)NCc1ccc(C)o1. The molecule has 1 N–H and O–H groups in total. The van der Waals surface area contributed by atoms with Crippen molar-refractivity contribution in [2.24, 2.45) is 0 Å². The van der Waals surface area contributed by atoms with Gasteiger partial charge in [-0.15, -0.1) is 0 Å². The minimum absolute atomic E-state index is 0.100. The molecule has 0 saturated heterocycles. The third kappa shape index (κ3) is 3.15. The summed E-state index contributed by atoms with van der Waals surface area (Å²) in [5, 5.41) is 2.69. The van der Waals surface area contributed by atoms with Crippen LogP contribution in [0.1, 0.15) is 18.4 Å². The van der Waals surface area contributed by atoms with Crippen LogP contribution < -0.4 is 5.32 Å². The Balaban J connectivity index is 2.39. The molecule has 0 saturated carbocycles. The molecular formula is C10H13NO2. The lowest BCUT2D eigenvalue weighted by molar-refractivity contribution is -0.116. The highest BCUT2D eigenvalue weighted by Gasteiger charge is 1.99. The Labute approximate surface area is 77.4 Å². The van der Waals surface area contributed by atoms with Gasteiger partial charge in [0.25, 0.3) is 0 Å². The van der Waals surface area contributed by atoms with E-state index < -0.39 is 0 Å². The van der Waals surface area contributed by atoms with E-state index in [1.807, 2.05) is 19.1 Å². The molecule has 13 heavy (non-hydrogen) atoms. The van der Waals surface area contributed by atoms with Gasteiger partial charge in [-0.05, 0) is 32.1 Å². The molecule has 70 valence electrons. The molecule has 0 atom stereocenters. The fourth-order valence-corrected chi connectivity index (χ4v) is 0.965. The number of carbonyl (C=O) groups excluding carboxylic acids is 1. The number of amides is 1.